The number of carbonyl (C=O) groups is 1. The molecule has 1 atom stereocenters. The number of aromatic nitrogens is 1. The van der Waals surface area contributed by atoms with Gasteiger partial charge in [0.05, 0.1) is 27.8 Å². The van der Waals surface area contributed by atoms with Crippen molar-refractivity contribution >= 4 is 73.7 Å². The van der Waals surface area contributed by atoms with Crippen molar-refractivity contribution in [1.29, 1.82) is 0 Å². The van der Waals surface area contributed by atoms with Gasteiger partial charge in [-0.1, -0.05) is 23.9 Å². The fourth-order valence-electron chi connectivity index (χ4n) is 2.94. The van der Waals surface area contributed by atoms with Gasteiger partial charge in [-0.2, -0.15) is 0 Å². The van der Waals surface area contributed by atoms with Crippen molar-refractivity contribution < 1.29 is 9.53 Å². The molecule has 29 heavy (non-hydrogen) atoms. The lowest BCUT2D eigenvalue weighted by atomic mass is 10.2. The van der Waals surface area contributed by atoms with Gasteiger partial charge in [-0.05, 0) is 71.3 Å². The van der Waals surface area contributed by atoms with E-state index in [9.17, 15) is 4.79 Å². The van der Waals surface area contributed by atoms with Gasteiger partial charge in [0.25, 0.3) is 0 Å². The maximum atomic E-state index is 12.1. The largest absolute Gasteiger partial charge is 0.376 e. The van der Waals surface area contributed by atoms with Crippen molar-refractivity contribution in [3.05, 3.63) is 51.6 Å². The Balaban J connectivity index is 1.34. The fourth-order valence-corrected chi connectivity index (χ4v) is 5.23. The average Bonchev–Trinajstić information content (AvgIpc) is 3.39. The van der Waals surface area contributed by atoms with Gasteiger partial charge in [0.15, 0.2) is 4.34 Å². The van der Waals surface area contributed by atoms with Crippen LogP contribution in [-0.2, 0) is 9.53 Å². The van der Waals surface area contributed by atoms with Crippen LogP contribution in [0.3, 0.4) is 0 Å². The molecule has 1 N–H and O–H groups in total. The topological polar surface area (TPSA) is 63.6 Å². The molecule has 8 heteroatoms. The molecule has 1 aliphatic rings. The van der Waals surface area contributed by atoms with E-state index in [4.69, 9.17) is 4.74 Å². The van der Waals surface area contributed by atoms with Crippen LogP contribution in [0.25, 0.3) is 10.2 Å². The molecule has 1 aliphatic heterocycles. The first-order chi connectivity index (χ1) is 14.2. The minimum Gasteiger partial charge on any atom is -0.376 e. The molecule has 1 unspecified atom stereocenters. The van der Waals surface area contributed by atoms with Crippen molar-refractivity contribution in [3.8, 4) is 0 Å². The van der Waals surface area contributed by atoms with Crippen LogP contribution in [0.2, 0.25) is 0 Å². The molecular formula is C21H20IN3O2S2. The molecule has 2 aromatic carbocycles. The lowest BCUT2D eigenvalue weighted by Gasteiger charge is -2.09. The van der Waals surface area contributed by atoms with Gasteiger partial charge in [-0.15, -0.1) is 11.3 Å². The van der Waals surface area contributed by atoms with Crippen LogP contribution in [0.15, 0.2) is 51.8 Å². The number of thioether (sulfide) groups is 1. The summed E-state index contributed by atoms with van der Waals surface area (Å²) in [5.41, 5.74) is 2.90. The van der Waals surface area contributed by atoms with Crippen LogP contribution in [0.1, 0.15) is 18.4 Å². The van der Waals surface area contributed by atoms with Crippen molar-refractivity contribution in [3.63, 3.8) is 0 Å². The number of fused-ring (bicyclic) bond motifs is 1. The van der Waals surface area contributed by atoms with E-state index in [1.54, 1.807) is 11.3 Å². The van der Waals surface area contributed by atoms with E-state index in [0.717, 1.165) is 45.3 Å². The number of carbonyl (C=O) groups excluding carboxylic acids is 1. The summed E-state index contributed by atoms with van der Waals surface area (Å²) in [4.78, 5) is 21.2. The quantitative estimate of drug-likeness (QED) is 0.261. The third-order valence-electron chi connectivity index (χ3n) is 4.46. The second-order valence-corrected chi connectivity index (χ2v) is 10.2. The van der Waals surface area contributed by atoms with E-state index in [1.807, 2.05) is 24.4 Å². The summed E-state index contributed by atoms with van der Waals surface area (Å²) >= 11 is 5.35. The number of amides is 1. The number of ether oxygens (including phenoxy) is 1. The summed E-state index contributed by atoms with van der Waals surface area (Å²) in [6.45, 7) is 1.40. The maximum absolute atomic E-state index is 12.1. The first-order valence-electron chi connectivity index (χ1n) is 9.37. The number of hydrogen-bond donors (Lipinski definition) is 1. The third kappa shape index (κ3) is 6.00. The molecule has 4 rings (SSSR count). The number of aliphatic imine (C=N–C) groups is 1. The summed E-state index contributed by atoms with van der Waals surface area (Å²) in [5, 5.41) is 2.95. The Labute approximate surface area is 191 Å². The van der Waals surface area contributed by atoms with E-state index in [2.05, 4.69) is 62.1 Å². The smallest absolute Gasteiger partial charge is 0.230 e. The van der Waals surface area contributed by atoms with Gasteiger partial charge in [0.2, 0.25) is 5.91 Å². The maximum Gasteiger partial charge on any atom is 0.230 e. The molecule has 0 radical (unpaired) electrons. The van der Waals surface area contributed by atoms with Crippen LogP contribution < -0.4 is 5.32 Å². The van der Waals surface area contributed by atoms with Gasteiger partial charge >= 0.3 is 0 Å². The molecule has 1 amide bonds. The standard InChI is InChI=1S/C21H20IN3O2S2/c22-15-5-3-14(4-6-15)11-23-16-7-8-18-19(10-16)29-21(25-18)28-13-20(26)24-12-17-2-1-9-27-17/h3-8,10-11,17H,1-2,9,12-13H2,(H,24,26). The predicted octanol–water partition coefficient (Wildman–Crippen LogP) is 5.04. The summed E-state index contributed by atoms with van der Waals surface area (Å²) in [7, 11) is 0. The van der Waals surface area contributed by atoms with Crippen molar-refractivity contribution in [1.82, 2.24) is 10.3 Å². The Morgan fingerprint density at radius 3 is 3.00 bits per heavy atom. The van der Waals surface area contributed by atoms with Crippen molar-refractivity contribution in [2.24, 2.45) is 4.99 Å². The lowest BCUT2D eigenvalue weighted by Crippen LogP contribution is -2.32. The molecule has 0 bridgehead atoms. The third-order valence-corrected chi connectivity index (χ3v) is 7.34. The highest BCUT2D eigenvalue weighted by atomic mass is 127. The number of halogens is 1. The number of nitrogens with one attached hydrogen (secondary N) is 1. The zero-order valence-electron chi connectivity index (χ0n) is 15.6. The highest BCUT2D eigenvalue weighted by Crippen LogP contribution is 2.32. The molecule has 3 aromatic rings. The Morgan fingerprint density at radius 1 is 1.34 bits per heavy atom. The SMILES string of the molecule is O=C(CSc1nc2ccc(N=Cc3ccc(I)cc3)cc2s1)NCC1CCCO1. The average molecular weight is 537 g/mol. The van der Waals surface area contributed by atoms with E-state index in [-0.39, 0.29) is 12.0 Å². The lowest BCUT2D eigenvalue weighted by molar-refractivity contribution is -0.119. The van der Waals surface area contributed by atoms with E-state index in [1.165, 1.54) is 15.3 Å². The Morgan fingerprint density at radius 2 is 2.21 bits per heavy atom. The summed E-state index contributed by atoms with van der Waals surface area (Å²) in [6, 6.07) is 14.2. The molecule has 0 spiro atoms. The summed E-state index contributed by atoms with van der Waals surface area (Å²) in [6.07, 6.45) is 4.15. The van der Waals surface area contributed by atoms with Crippen molar-refractivity contribution in [2.75, 3.05) is 18.9 Å². The number of thiazole rings is 1. The summed E-state index contributed by atoms with van der Waals surface area (Å²) < 4.78 is 8.70. The molecule has 0 aliphatic carbocycles. The van der Waals surface area contributed by atoms with Crippen LogP contribution in [0.5, 0.6) is 0 Å². The van der Waals surface area contributed by atoms with Crippen LogP contribution in [-0.4, -0.2) is 42.1 Å². The van der Waals surface area contributed by atoms with E-state index in [0.29, 0.717) is 12.3 Å². The second kappa shape index (κ2) is 10.0. The Kier molecular flexibility index (Phi) is 7.17. The number of nitrogens with zero attached hydrogens (tertiary/aromatic N) is 2. The Bertz CT molecular complexity index is 1010. The summed E-state index contributed by atoms with van der Waals surface area (Å²) in [5.74, 6) is 0.386. The highest BCUT2D eigenvalue weighted by molar-refractivity contribution is 14.1. The highest BCUT2D eigenvalue weighted by Gasteiger charge is 2.16. The number of benzene rings is 2. The predicted molar refractivity (Wildman–Crippen MR) is 129 cm³/mol. The first-order valence-corrected chi connectivity index (χ1v) is 12.3. The van der Waals surface area contributed by atoms with Gasteiger partial charge < -0.3 is 10.1 Å². The minimum absolute atomic E-state index is 0.0209. The molecule has 1 saturated heterocycles. The minimum atomic E-state index is 0.0209. The normalized spacial score (nSPS) is 16.7. The van der Waals surface area contributed by atoms with Crippen LogP contribution in [0.4, 0.5) is 5.69 Å². The van der Waals surface area contributed by atoms with Crippen molar-refractivity contribution in [2.45, 2.75) is 23.3 Å². The molecule has 2 heterocycles. The molecule has 150 valence electrons. The number of rotatable bonds is 7. The van der Waals surface area contributed by atoms with Gasteiger partial charge in [-0.3, -0.25) is 9.79 Å². The molecule has 0 saturated carbocycles. The molecule has 5 nitrogen and oxygen atoms in total. The van der Waals surface area contributed by atoms with Gasteiger partial charge in [0.1, 0.15) is 0 Å². The number of hydrogen-bond acceptors (Lipinski definition) is 6. The molecule has 1 fully saturated rings. The zero-order valence-corrected chi connectivity index (χ0v) is 19.4. The Hall–Kier alpha value is -1.49. The van der Waals surface area contributed by atoms with E-state index < -0.39 is 0 Å². The first kappa shape index (κ1) is 20.8. The van der Waals surface area contributed by atoms with Gasteiger partial charge in [-0.25, -0.2) is 4.98 Å². The van der Waals surface area contributed by atoms with Crippen LogP contribution >= 0.6 is 45.7 Å². The second-order valence-electron chi connectivity index (χ2n) is 6.67. The monoisotopic (exact) mass is 537 g/mol. The zero-order chi connectivity index (χ0) is 20.1. The van der Waals surface area contributed by atoms with E-state index >= 15 is 0 Å². The van der Waals surface area contributed by atoms with Crippen LogP contribution in [0, 0.1) is 3.57 Å². The fraction of sp³-hybridized carbons (Fsp3) is 0.286. The molecule has 1 aromatic heterocycles. The molecular weight excluding hydrogens is 517 g/mol. The van der Waals surface area contributed by atoms with Gasteiger partial charge in [0, 0.05) is 22.9 Å².